The zero-order valence-electron chi connectivity index (χ0n) is 17.0. The van der Waals surface area contributed by atoms with Crippen molar-refractivity contribution >= 4 is 33.3 Å². The van der Waals surface area contributed by atoms with Crippen LogP contribution in [0.1, 0.15) is 48.7 Å². The molecule has 8 heteroatoms. The van der Waals surface area contributed by atoms with E-state index in [1.54, 1.807) is 6.07 Å². The highest BCUT2D eigenvalue weighted by molar-refractivity contribution is 7.89. The summed E-state index contributed by atoms with van der Waals surface area (Å²) in [6.45, 7) is 3.89. The molecule has 2 aromatic carbocycles. The van der Waals surface area contributed by atoms with Gasteiger partial charge in [-0.3, -0.25) is 9.59 Å². The summed E-state index contributed by atoms with van der Waals surface area (Å²) in [5, 5.41) is 3.61. The lowest BCUT2D eigenvalue weighted by atomic mass is 9.96. The fourth-order valence-electron chi connectivity index (χ4n) is 3.56. The monoisotopic (exact) mass is 448 g/mol. The molecule has 1 heterocycles. The van der Waals surface area contributed by atoms with Crippen LogP contribution in [0.2, 0.25) is 5.02 Å². The number of hydrogen-bond donors (Lipinski definition) is 1. The number of sulfonamides is 1. The second kappa shape index (κ2) is 9.29. The van der Waals surface area contributed by atoms with Crippen molar-refractivity contribution in [1.82, 2.24) is 9.62 Å². The number of ketones is 1. The van der Waals surface area contributed by atoms with Crippen molar-refractivity contribution < 1.29 is 18.0 Å². The molecule has 1 unspecified atom stereocenters. The van der Waals surface area contributed by atoms with Gasteiger partial charge in [-0.05, 0) is 56.5 Å². The molecule has 1 aliphatic heterocycles. The molecule has 1 saturated heterocycles. The van der Waals surface area contributed by atoms with E-state index in [-0.39, 0.29) is 41.6 Å². The van der Waals surface area contributed by atoms with Gasteiger partial charge in [-0.1, -0.05) is 35.9 Å². The Morgan fingerprint density at radius 2 is 1.73 bits per heavy atom. The molecule has 0 saturated carbocycles. The SMILES string of the molecule is CC(=O)c1ccc(S(=O)(=O)N2CCC(C(=O)NC(C)c3cccc(Cl)c3)CC2)cc1. The van der Waals surface area contributed by atoms with Gasteiger partial charge in [0.2, 0.25) is 15.9 Å². The van der Waals surface area contributed by atoms with Crippen molar-refractivity contribution in [3.8, 4) is 0 Å². The lowest BCUT2D eigenvalue weighted by Gasteiger charge is -2.31. The van der Waals surface area contributed by atoms with Crippen molar-refractivity contribution in [1.29, 1.82) is 0 Å². The molecule has 1 aliphatic rings. The van der Waals surface area contributed by atoms with Gasteiger partial charge in [0.15, 0.2) is 5.78 Å². The maximum Gasteiger partial charge on any atom is 0.243 e. The molecule has 0 spiro atoms. The minimum Gasteiger partial charge on any atom is -0.349 e. The van der Waals surface area contributed by atoms with Gasteiger partial charge < -0.3 is 5.32 Å². The topological polar surface area (TPSA) is 83.6 Å². The fourth-order valence-corrected chi connectivity index (χ4v) is 5.23. The summed E-state index contributed by atoms with van der Waals surface area (Å²) in [6, 6.07) is 13.1. The fraction of sp³-hybridized carbons (Fsp3) is 0.364. The summed E-state index contributed by atoms with van der Waals surface area (Å²) in [6.07, 6.45) is 0.914. The summed E-state index contributed by atoms with van der Waals surface area (Å²) in [4.78, 5) is 24.2. The molecule has 2 aromatic rings. The molecule has 1 N–H and O–H groups in total. The predicted octanol–water partition coefficient (Wildman–Crippen LogP) is 3.82. The van der Waals surface area contributed by atoms with Crippen molar-refractivity contribution in [2.24, 2.45) is 5.92 Å². The molecule has 30 heavy (non-hydrogen) atoms. The molecule has 1 atom stereocenters. The number of Topliss-reactive ketones (excluding diaryl/α,β-unsaturated/α-hetero) is 1. The quantitative estimate of drug-likeness (QED) is 0.681. The molecular formula is C22H25ClN2O4S. The van der Waals surface area contributed by atoms with Crippen LogP contribution in [0.25, 0.3) is 0 Å². The Balaban J connectivity index is 1.59. The van der Waals surface area contributed by atoms with Gasteiger partial charge >= 0.3 is 0 Å². The summed E-state index contributed by atoms with van der Waals surface area (Å²) < 4.78 is 27.1. The summed E-state index contributed by atoms with van der Waals surface area (Å²) >= 11 is 6.02. The second-order valence-electron chi connectivity index (χ2n) is 7.54. The molecule has 0 bridgehead atoms. The van der Waals surface area contributed by atoms with Crippen LogP contribution in [0, 0.1) is 5.92 Å². The first-order valence-electron chi connectivity index (χ1n) is 9.85. The first kappa shape index (κ1) is 22.5. The third kappa shape index (κ3) is 5.09. The zero-order chi connectivity index (χ0) is 21.9. The van der Waals surface area contributed by atoms with E-state index in [1.807, 2.05) is 25.1 Å². The van der Waals surface area contributed by atoms with Gasteiger partial charge in [0.05, 0.1) is 10.9 Å². The number of rotatable bonds is 6. The van der Waals surface area contributed by atoms with E-state index in [2.05, 4.69) is 5.32 Å². The number of nitrogens with one attached hydrogen (secondary N) is 1. The van der Waals surface area contributed by atoms with Crippen LogP contribution < -0.4 is 5.32 Å². The molecular weight excluding hydrogens is 424 g/mol. The van der Waals surface area contributed by atoms with Crippen molar-refractivity contribution in [2.75, 3.05) is 13.1 Å². The van der Waals surface area contributed by atoms with E-state index in [9.17, 15) is 18.0 Å². The largest absolute Gasteiger partial charge is 0.349 e. The van der Waals surface area contributed by atoms with Crippen LogP contribution in [0.5, 0.6) is 0 Å². The zero-order valence-corrected chi connectivity index (χ0v) is 18.5. The van der Waals surface area contributed by atoms with Crippen LogP contribution in [0.3, 0.4) is 0 Å². The Morgan fingerprint density at radius 1 is 1.10 bits per heavy atom. The van der Waals surface area contributed by atoms with Gasteiger partial charge in [-0.2, -0.15) is 4.31 Å². The van der Waals surface area contributed by atoms with E-state index < -0.39 is 10.0 Å². The maximum atomic E-state index is 12.9. The predicted molar refractivity (Wildman–Crippen MR) is 116 cm³/mol. The molecule has 0 aromatic heterocycles. The van der Waals surface area contributed by atoms with Crippen LogP contribution in [0.15, 0.2) is 53.4 Å². The van der Waals surface area contributed by atoms with Gasteiger partial charge in [-0.25, -0.2) is 8.42 Å². The molecule has 1 fully saturated rings. The van der Waals surface area contributed by atoms with Gasteiger partial charge in [0, 0.05) is 29.6 Å². The van der Waals surface area contributed by atoms with Crippen LogP contribution >= 0.6 is 11.6 Å². The van der Waals surface area contributed by atoms with E-state index in [4.69, 9.17) is 11.6 Å². The standard InChI is InChI=1S/C22H25ClN2O4S/c1-15(19-4-3-5-20(23)14-19)24-22(27)18-10-12-25(13-11-18)30(28,29)21-8-6-17(7-9-21)16(2)26/h3-9,14-15,18H,10-13H2,1-2H3,(H,24,27). The normalized spacial score (nSPS) is 16.8. The third-order valence-corrected chi connectivity index (χ3v) is 7.58. The van der Waals surface area contributed by atoms with Crippen LogP contribution in [-0.2, 0) is 14.8 Å². The number of amides is 1. The highest BCUT2D eigenvalue weighted by Crippen LogP contribution is 2.25. The van der Waals surface area contributed by atoms with E-state index in [1.165, 1.54) is 35.5 Å². The lowest BCUT2D eigenvalue weighted by molar-refractivity contribution is -0.126. The molecule has 1 amide bonds. The van der Waals surface area contributed by atoms with Crippen molar-refractivity contribution in [3.05, 3.63) is 64.7 Å². The Hall–Kier alpha value is -2.22. The highest BCUT2D eigenvalue weighted by Gasteiger charge is 2.32. The van der Waals surface area contributed by atoms with E-state index >= 15 is 0 Å². The lowest BCUT2D eigenvalue weighted by Crippen LogP contribution is -2.43. The maximum absolute atomic E-state index is 12.9. The van der Waals surface area contributed by atoms with Crippen molar-refractivity contribution in [2.45, 2.75) is 37.6 Å². The Labute approximate surface area is 182 Å². The number of carbonyl (C=O) groups excluding carboxylic acids is 2. The summed E-state index contributed by atoms with van der Waals surface area (Å²) in [7, 11) is -3.65. The summed E-state index contributed by atoms with van der Waals surface area (Å²) in [5.41, 5.74) is 1.39. The smallest absolute Gasteiger partial charge is 0.243 e. The first-order valence-corrected chi connectivity index (χ1v) is 11.7. The number of halogens is 1. The van der Waals surface area contributed by atoms with Gasteiger partial charge in [-0.15, -0.1) is 0 Å². The Kier molecular flexibility index (Phi) is 6.95. The van der Waals surface area contributed by atoms with Crippen molar-refractivity contribution in [3.63, 3.8) is 0 Å². The number of piperidine rings is 1. The Bertz CT molecular complexity index is 1030. The second-order valence-corrected chi connectivity index (χ2v) is 9.92. The number of carbonyl (C=O) groups is 2. The number of benzene rings is 2. The Morgan fingerprint density at radius 3 is 2.30 bits per heavy atom. The van der Waals surface area contributed by atoms with Gasteiger partial charge in [0.25, 0.3) is 0 Å². The van der Waals surface area contributed by atoms with Crippen LogP contribution in [0.4, 0.5) is 0 Å². The van der Waals surface area contributed by atoms with E-state index in [0.29, 0.717) is 23.4 Å². The summed E-state index contributed by atoms with van der Waals surface area (Å²) in [5.74, 6) is -0.429. The molecule has 3 rings (SSSR count). The minimum absolute atomic E-state index is 0.0784. The number of nitrogens with zero attached hydrogens (tertiary/aromatic N) is 1. The number of hydrogen-bond acceptors (Lipinski definition) is 4. The highest BCUT2D eigenvalue weighted by atomic mass is 35.5. The minimum atomic E-state index is -3.65. The third-order valence-electron chi connectivity index (χ3n) is 5.43. The average molecular weight is 449 g/mol. The first-order chi connectivity index (χ1) is 14.2. The van der Waals surface area contributed by atoms with E-state index in [0.717, 1.165) is 5.56 Å². The molecule has 0 aliphatic carbocycles. The van der Waals surface area contributed by atoms with Gasteiger partial charge in [0.1, 0.15) is 0 Å². The van der Waals surface area contributed by atoms with Crippen LogP contribution in [-0.4, -0.2) is 37.5 Å². The molecule has 160 valence electrons. The average Bonchev–Trinajstić information content (AvgIpc) is 2.73. The molecule has 0 radical (unpaired) electrons. The molecule has 6 nitrogen and oxygen atoms in total.